The summed E-state index contributed by atoms with van der Waals surface area (Å²) in [5.41, 5.74) is 0.774. The van der Waals surface area contributed by atoms with Crippen LogP contribution in [0, 0.1) is 0 Å². The fourth-order valence-corrected chi connectivity index (χ4v) is 5.82. The Morgan fingerprint density at radius 2 is 1.62 bits per heavy atom. The lowest BCUT2D eigenvalue weighted by molar-refractivity contribution is -0.119. The van der Waals surface area contributed by atoms with Gasteiger partial charge < -0.3 is 15.4 Å². The molecule has 2 heterocycles. The summed E-state index contributed by atoms with van der Waals surface area (Å²) < 4.78 is 5.55. The number of fused-ring (bicyclic) bond motifs is 1. The molecule has 2 aliphatic rings. The van der Waals surface area contributed by atoms with Crippen LogP contribution >= 0.6 is 11.8 Å². The molecule has 2 amide bonds. The van der Waals surface area contributed by atoms with Crippen LogP contribution in [0.1, 0.15) is 72.1 Å². The molecule has 0 bridgehead atoms. The first-order chi connectivity index (χ1) is 16.5. The highest BCUT2D eigenvalue weighted by atomic mass is 32.2. The molecular formula is C25H32N2O6S. The van der Waals surface area contributed by atoms with Crippen LogP contribution in [0.4, 0.5) is 4.79 Å². The Bertz CT molecular complexity index is 888. The summed E-state index contributed by atoms with van der Waals surface area (Å²) >= 11 is 1.90. The molecule has 2 aliphatic heterocycles. The molecular weight excluding hydrogens is 456 g/mol. The monoisotopic (exact) mass is 488 g/mol. The molecule has 8 nitrogen and oxygen atoms in total. The van der Waals surface area contributed by atoms with Gasteiger partial charge in [-0.25, -0.2) is 4.79 Å². The molecule has 34 heavy (non-hydrogen) atoms. The average Bonchev–Trinajstić information content (AvgIpc) is 3.39. The van der Waals surface area contributed by atoms with E-state index in [1.54, 1.807) is 12.1 Å². The van der Waals surface area contributed by atoms with Crippen molar-refractivity contribution in [2.75, 3.05) is 19.0 Å². The average molecular weight is 489 g/mol. The van der Waals surface area contributed by atoms with Crippen LogP contribution in [0.3, 0.4) is 0 Å². The first-order valence-corrected chi connectivity index (χ1v) is 12.9. The Kier molecular flexibility index (Phi) is 10.3. The number of hydrogen-bond donors (Lipinski definition) is 2. The zero-order valence-corrected chi connectivity index (χ0v) is 20.1. The maximum atomic E-state index is 12.2. The van der Waals surface area contributed by atoms with Gasteiger partial charge in [-0.2, -0.15) is 11.8 Å². The van der Waals surface area contributed by atoms with Gasteiger partial charge in [0, 0.05) is 54.6 Å². The third kappa shape index (κ3) is 7.77. The van der Waals surface area contributed by atoms with Crippen molar-refractivity contribution in [2.24, 2.45) is 0 Å². The van der Waals surface area contributed by atoms with Crippen molar-refractivity contribution in [3.8, 4) is 0 Å². The van der Waals surface area contributed by atoms with E-state index in [-0.39, 0.29) is 41.5 Å². The van der Waals surface area contributed by atoms with Crippen molar-refractivity contribution in [3.63, 3.8) is 0 Å². The highest BCUT2D eigenvalue weighted by Crippen LogP contribution is 2.33. The minimum absolute atomic E-state index is 0.0398. The number of unbranched alkanes of at least 4 members (excludes halogenated alkanes) is 1. The molecule has 0 saturated carbocycles. The highest BCUT2D eigenvalue weighted by molar-refractivity contribution is 8.00. The summed E-state index contributed by atoms with van der Waals surface area (Å²) in [7, 11) is 0. The lowest BCUT2D eigenvalue weighted by atomic mass is 10.0. The number of ketones is 3. The molecule has 0 aliphatic carbocycles. The zero-order valence-electron chi connectivity index (χ0n) is 19.3. The van der Waals surface area contributed by atoms with E-state index in [2.05, 4.69) is 10.6 Å². The lowest BCUT2D eigenvalue weighted by Crippen LogP contribution is -2.36. The number of aldehydes is 1. The summed E-state index contributed by atoms with van der Waals surface area (Å²) in [6.07, 6.45) is 5.82. The van der Waals surface area contributed by atoms with E-state index in [0.717, 1.165) is 25.0 Å². The number of benzene rings is 1. The smallest absolute Gasteiger partial charge is 0.315 e. The molecule has 0 radical (unpaired) electrons. The number of thioether (sulfide) groups is 1. The van der Waals surface area contributed by atoms with Crippen LogP contribution in [0.5, 0.6) is 0 Å². The van der Waals surface area contributed by atoms with Gasteiger partial charge in [0.05, 0.1) is 12.1 Å². The summed E-state index contributed by atoms with van der Waals surface area (Å²) in [6.45, 7) is 0.950. The maximum absolute atomic E-state index is 12.2. The van der Waals surface area contributed by atoms with E-state index in [9.17, 15) is 24.0 Å². The zero-order chi connectivity index (χ0) is 24.3. The number of urea groups is 1. The second kappa shape index (κ2) is 13.4. The number of rotatable bonds is 16. The lowest BCUT2D eigenvalue weighted by Gasteiger charge is -2.16. The van der Waals surface area contributed by atoms with Crippen LogP contribution < -0.4 is 10.6 Å². The van der Waals surface area contributed by atoms with E-state index in [1.165, 1.54) is 12.1 Å². The van der Waals surface area contributed by atoms with Crippen LogP contribution in [-0.2, 0) is 14.3 Å². The van der Waals surface area contributed by atoms with E-state index in [0.29, 0.717) is 56.1 Å². The third-order valence-electron chi connectivity index (χ3n) is 6.17. The molecule has 3 unspecified atom stereocenters. The number of Topliss-reactive ketones (excluding diaryl/α,β-unsaturated/α-hetero) is 3. The van der Waals surface area contributed by atoms with Gasteiger partial charge in [-0.15, -0.1) is 0 Å². The first kappa shape index (κ1) is 26.1. The molecule has 2 N–H and O–H groups in total. The standard InChI is InChI=1S/C25H32N2O6S/c28-15-22(31)18-11-9-17(10-12-18)21(30)7-4-14-33-13-3-6-19(29)5-1-2-8-23-24-20(16-34-23)26-25(32)27-24/h9-12,15,20,23-24H,1-8,13-14,16H2,(H2,26,27,32). The molecule has 2 saturated heterocycles. The summed E-state index contributed by atoms with van der Waals surface area (Å²) in [5.74, 6) is 0.564. The highest BCUT2D eigenvalue weighted by Gasteiger charge is 2.42. The number of carbonyl (C=O) groups is 5. The van der Waals surface area contributed by atoms with Crippen LogP contribution in [0.25, 0.3) is 0 Å². The SMILES string of the molecule is O=CC(=O)c1ccc(C(=O)CCCOCCCC(=O)CCCCC2SCC3NC(=O)NC32)cc1. The quantitative estimate of drug-likeness (QED) is 0.121. The molecule has 2 fully saturated rings. The number of hydrogen-bond acceptors (Lipinski definition) is 7. The van der Waals surface area contributed by atoms with Crippen molar-refractivity contribution in [1.82, 2.24) is 10.6 Å². The summed E-state index contributed by atoms with van der Waals surface area (Å²) in [5, 5.41) is 6.37. The van der Waals surface area contributed by atoms with Gasteiger partial charge >= 0.3 is 6.03 Å². The van der Waals surface area contributed by atoms with Crippen LogP contribution in [-0.4, -0.2) is 66.0 Å². The maximum Gasteiger partial charge on any atom is 0.315 e. The van der Waals surface area contributed by atoms with Gasteiger partial charge in [-0.05, 0) is 25.7 Å². The fourth-order valence-electron chi connectivity index (χ4n) is 4.28. The summed E-state index contributed by atoms with van der Waals surface area (Å²) in [4.78, 5) is 57.4. The van der Waals surface area contributed by atoms with Gasteiger partial charge in [0.15, 0.2) is 12.1 Å². The van der Waals surface area contributed by atoms with E-state index in [4.69, 9.17) is 4.74 Å². The van der Waals surface area contributed by atoms with Crippen molar-refractivity contribution >= 4 is 41.4 Å². The minimum Gasteiger partial charge on any atom is -0.381 e. The van der Waals surface area contributed by atoms with Crippen LogP contribution in [0.15, 0.2) is 24.3 Å². The number of amides is 2. The third-order valence-corrected chi connectivity index (χ3v) is 7.68. The Hall–Kier alpha value is -2.52. The van der Waals surface area contributed by atoms with Crippen molar-refractivity contribution in [3.05, 3.63) is 35.4 Å². The number of nitrogens with one attached hydrogen (secondary N) is 2. The van der Waals surface area contributed by atoms with Gasteiger partial charge in [0.1, 0.15) is 5.78 Å². The molecule has 9 heteroatoms. The Balaban J connectivity index is 1.16. The minimum atomic E-state index is -0.606. The molecule has 1 aromatic carbocycles. The van der Waals surface area contributed by atoms with E-state index in [1.807, 2.05) is 11.8 Å². The topological polar surface area (TPSA) is 119 Å². The Morgan fingerprint density at radius 1 is 0.941 bits per heavy atom. The normalized spacial score (nSPS) is 20.9. The second-order valence-corrected chi connectivity index (χ2v) is 9.98. The van der Waals surface area contributed by atoms with Gasteiger partial charge in [0.2, 0.25) is 5.78 Å². The molecule has 3 atom stereocenters. The Morgan fingerprint density at radius 3 is 2.35 bits per heavy atom. The molecule has 184 valence electrons. The van der Waals surface area contributed by atoms with Gasteiger partial charge in [0.25, 0.3) is 0 Å². The number of ether oxygens (including phenoxy) is 1. The van der Waals surface area contributed by atoms with Gasteiger partial charge in [-0.3, -0.25) is 19.2 Å². The first-order valence-electron chi connectivity index (χ1n) is 11.9. The number of carbonyl (C=O) groups excluding carboxylic acids is 5. The molecule has 0 spiro atoms. The summed E-state index contributed by atoms with van der Waals surface area (Å²) in [6, 6.07) is 6.47. The predicted molar refractivity (Wildman–Crippen MR) is 129 cm³/mol. The molecule has 3 rings (SSSR count). The van der Waals surface area contributed by atoms with Crippen molar-refractivity contribution in [1.29, 1.82) is 0 Å². The largest absolute Gasteiger partial charge is 0.381 e. The molecule has 0 aromatic heterocycles. The van der Waals surface area contributed by atoms with Gasteiger partial charge in [-0.1, -0.05) is 30.7 Å². The fraction of sp³-hybridized carbons (Fsp3) is 0.560. The van der Waals surface area contributed by atoms with E-state index < -0.39 is 5.78 Å². The van der Waals surface area contributed by atoms with Crippen molar-refractivity contribution in [2.45, 2.75) is 68.7 Å². The molecule has 1 aromatic rings. The van der Waals surface area contributed by atoms with Crippen molar-refractivity contribution < 1.29 is 28.7 Å². The Labute approximate surface area is 203 Å². The second-order valence-electron chi connectivity index (χ2n) is 8.71. The predicted octanol–water partition coefficient (Wildman–Crippen LogP) is 3.12. The van der Waals surface area contributed by atoms with E-state index >= 15 is 0 Å². The van der Waals surface area contributed by atoms with Crippen LogP contribution in [0.2, 0.25) is 0 Å².